The molecule has 0 spiro atoms. The van der Waals surface area contributed by atoms with Crippen molar-refractivity contribution >= 4 is 21.5 Å². The highest BCUT2D eigenvalue weighted by Gasteiger charge is 2.38. The van der Waals surface area contributed by atoms with Gasteiger partial charge in [-0.1, -0.05) is 123 Å². The molecule has 0 saturated carbocycles. The molecule has 1 heterocycles. The highest BCUT2D eigenvalue weighted by Crippen LogP contribution is 2.54. The van der Waals surface area contributed by atoms with E-state index in [1.54, 1.807) is 0 Å². The van der Waals surface area contributed by atoms with Crippen molar-refractivity contribution in [3.63, 3.8) is 0 Å². The minimum absolute atomic E-state index is 0.176. The van der Waals surface area contributed by atoms with Gasteiger partial charge in [0.2, 0.25) is 0 Å². The number of fused-ring (bicyclic) bond motifs is 5. The van der Waals surface area contributed by atoms with E-state index in [9.17, 15) is 0 Å². The Morgan fingerprint density at radius 2 is 0.927 bits per heavy atom. The van der Waals surface area contributed by atoms with Crippen LogP contribution in [0.1, 0.15) is 25.0 Å². The molecule has 0 N–H and O–H groups in total. The van der Waals surface area contributed by atoms with Crippen LogP contribution in [0.5, 0.6) is 0 Å². The molecule has 7 aromatic rings. The summed E-state index contributed by atoms with van der Waals surface area (Å²) < 4.78 is 0. The number of benzene rings is 6. The molecule has 0 bridgehead atoms. The summed E-state index contributed by atoms with van der Waals surface area (Å²) in [4.78, 5) is 15.3. The maximum Gasteiger partial charge on any atom is 0.165 e. The normalized spacial score (nSPS) is 13.3. The highest BCUT2D eigenvalue weighted by molar-refractivity contribution is 6.08. The molecule has 0 atom stereocenters. The first-order valence-electron chi connectivity index (χ1n) is 14.0. The van der Waals surface area contributed by atoms with Crippen molar-refractivity contribution in [2.75, 3.05) is 0 Å². The molecular weight excluding hydrogens is 498 g/mol. The van der Waals surface area contributed by atoms with Gasteiger partial charge in [0.15, 0.2) is 17.5 Å². The van der Waals surface area contributed by atoms with Gasteiger partial charge in [-0.15, -0.1) is 0 Å². The maximum absolute atomic E-state index is 5.19. The van der Waals surface area contributed by atoms with Crippen LogP contribution < -0.4 is 0 Å². The van der Waals surface area contributed by atoms with E-state index in [4.69, 9.17) is 15.0 Å². The van der Waals surface area contributed by atoms with E-state index < -0.39 is 0 Å². The Kier molecular flexibility index (Phi) is 5.17. The summed E-state index contributed by atoms with van der Waals surface area (Å²) in [7, 11) is 0. The fourth-order valence-electron chi connectivity index (χ4n) is 6.38. The molecule has 0 aliphatic heterocycles. The average molecular weight is 526 g/mol. The van der Waals surface area contributed by atoms with Gasteiger partial charge in [-0.3, -0.25) is 0 Å². The van der Waals surface area contributed by atoms with Crippen molar-refractivity contribution in [1.29, 1.82) is 0 Å². The Labute approximate surface area is 239 Å². The smallest absolute Gasteiger partial charge is 0.165 e. The molecule has 1 aromatic heterocycles. The quantitative estimate of drug-likeness (QED) is 0.231. The van der Waals surface area contributed by atoms with Gasteiger partial charge in [0.25, 0.3) is 0 Å². The van der Waals surface area contributed by atoms with Crippen LogP contribution in [0, 0.1) is 0 Å². The predicted molar refractivity (Wildman–Crippen MR) is 169 cm³/mol. The Bertz CT molecular complexity index is 2050. The van der Waals surface area contributed by atoms with Crippen molar-refractivity contribution in [1.82, 2.24) is 15.0 Å². The minimum Gasteiger partial charge on any atom is -0.208 e. The van der Waals surface area contributed by atoms with Gasteiger partial charge in [-0.05, 0) is 62.0 Å². The molecule has 0 saturated heterocycles. The van der Waals surface area contributed by atoms with Crippen LogP contribution in [0.4, 0.5) is 0 Å². The first-order valence-corrected chi connectivity index (χ1v) is 14.0. The Balaban J connectivity index is 1.50. The molecule has 3 nitrogen and oxygen atoms in total. The van der Waals surface area contributed by atoms with E-state index in [0.717, 1.165) is 22.1 Å². The molecule has 0 fully saturated rings. The van der Waals surface area contributed by atoms with Crippen molar-refractivity contribution in [2.45, 2.75) is 19.3 Å². The largest absolute Gasteiger partial charge is 0.208 e. The summed E-state index contributed by atoms with van der Waals surface area (Å²) in [5, 5.41) is 4.83. The second-order valence-electron chi connectivity index (χ2n) is 11.3. The van der Waals surface area contributed by atoms with E-state index in [-0.39, 0.29) is 5.41 Å². The van der Waals surface area contributed by atoms with Gasteiger partial charge in [-0.2, -0.15) is 0 Å². The van der Waals surface area contributed by atoms with Gasteiger partial charge in [0.05, 0.1) is 0 Å². The average Bonchev–Trinajstić information content (AvgIpc) is 3.24. The minimum atomic E-state index is -0.176. The van der Waals surface area contributed by atoms with Gasteiger partial charge in [-0.25, -0.2) is 15.0 Å². The lowest BCUT2D eigenvalue weighted by molar-refractivity contribution is 0.662. The summed E-state index contributed by atoms with van der Waals surface area (Å²) in [5.74, 6) is 2.04. The molecule has 8 rings (SSSR count). The van der Waals surface area contributed by atoms with Gasteiger partial charge in [0.1, 0.15) is 0 Å². The molecule has 0 unspecified atom stereocenters. The van der Waals surface area contributed by atoms with E-state index in [1.807, 2.05) is 36.4 Å². The summed E-state index contributed by atoms with van der Waals surface area (Å²) in [6.45, 7) is 4.67. The molecular formula is C38H27N3. The van der Waals surface area contributed by atoms with E-state index in [2.05, 4.69) is 105 Å². The Morgan fingerprint density at radius 3 is 1.56 bits per heavy atom. The number of hydrogen-bond donors (Lipinski definition) is 0. The van der Waals surface area contributed by atoms with Crippen molar-refractivity contribution in [3.05, 3.63) is 139 Å². The lowest BCUT2D eigenvalue weighted by Crippen LogP contribution is -2.15. The third kappa shape index (κ3) is 3.70. The molecule has 0 radical (unpaired) electrons. The molecule has 41 heavy (non-hydrogen) atoms. The molecule has 1 aliphatic rings. The zero-order valence-electron chi connectivity index (χ0n) is 23.0. The number of rotatable bonds is 3. The second kappa shape index (κ2) is 8.94. The van der Waals surface area contributed by atoms with Crippen LogP contribution in [0.25, 0.3) is 66.8 Å². The van der Waals surface area contributed by atoms with E-state index in [1.165, 1.54) is 38.4 Å². The SMILES string of the molecule is CC1(C)c2cc3ccccc3cc2-c2c1cc1ccccc1c2-c1nc(-c2ccccc2)nc(-c2ccccc2)n1. The van der Waals surface area contributed by atoms with Crippen molar-refractivity contribution in [3.8, 4) is 45.3 Å². The van der Waals surface area contributed by atoms with E-state index in [0.29, 0.717) is 17.5 Å². The van der Waals surface area contributed by atoms with Crippen LogP contribution in [-0.4, -0.2) is 15.0 Å². The second-order valence-corrected chi connectivity index (χ2v) is 11.3. The number of nitrogens with zero attached hydrogens (tertiary/aromatic N) is 3. The first kappa shape index (κ1) is 23.7. The Morgan fingerprint density at radius 1 is 0.439 bits per heavy atom. The van der Waals surface area contributed by atoms with Crippen LogP contribution in [0.2, 0.25) is 0 Å². The van der Waals surface area contributed by atoms with Crippen LogP contribution in [0.15, 0.2) is 127 Å². The zero-order valence-corrected chi connectivity index (χ0v) is 23.0. The van der Waals surface area contributed by atoms with Crippen molar-refractivity contribution in [2.24, 2.45) is 0 Å². The number of hydrogen-bond acceptors (Lipinski definition) is 3. The molecule has 6 aromatic carbocycles. The van der Waals surface area contributed by atoms with Crippen LogP contribution in [-0.2, 0) is 5.41 Å². The lowest BCUT2D eigenvalue weighted by atomic mass is 9.80. The van der Waals surface area contributed by atoms with E-state index >= 15 is 0 Å². The Hall–Kier alpha value is -5.15. The fraction of sp³-hybridized carbons (Fsp3) is 0.0789. The number of aromatic nitrogens is 3. The summed E-state index contributed by atoms with van der Waals surface area (Å²) in [5.41, 5.74) is 7.95. The highest BCUT2D eigenvalue weighted by atomic mass is 15.0. The van der Waals surface area contributed by atoms with Gasteiger partial charge < -0.3 is 0 Å². The van der Waals surface area contributed by atoms with Gasteiger partial charge in [0, 0.05) is 22.1 Å². The van der Waals surface area contributed by atoms with Crippen molar-refractivity contribution < 1.29 is 0 Å². The third-order valence-electron chi connectivity index (χ3n) is 8.47. The summed E-state index contributed by atoms with van der Waals surface area (Å²) in [6.07, 6.45) is 0. The molecule has 1 aliphatic carbocycles. The summed E-state index contributed by atoms with van der Waals surface area (Å²) >= 11 is 0. The van der Waals surface area contributed by atoms with Gasteiger partial charge >= 0.3 is 0 Å². The molecule has 3 heteroatoms. The standard InChI is InChI=1S/C38H27N3/c1-38(2)31-22-27-18-10-9-17-26(27)21-30(31)33-32(38)23-28-19-11-12-20-29(28)34(33)37-40-35(24-13-5-3-6-14-24)39-36(41-37)25-15-7-4-8-16-25/h3-23H,1-2H3. The third-order valence-corrected chi connectivity index (χ3v) is 8.47. The zero-order chi connectivity index (χ0) is 27.6. The maximum atomic E-state index is 5.19. The lowest BCUT2D eigenvalue weighted by Gasteiger charge is -2.23. The first-order chi connectivity index (χ1) is 20.1. The fourth-order valence-corrected chi connectivity index (χ4v) is 6.38. The topological polar surface area (TPSA) is 38.7 Å². The molecule has 0 amide bonds. The predicted octanol–water partition coefficient (Wildman–Crippen LogP) is 9.49. The summed E-state index contributed by atoms with van der Waals surface area (Å²) in [6, 6.07) is 44.7. The van der Waals surface area contributed by atoms with Crippen LogP contribution in [0.3, 0.4) is 0 Å². The molecule has 194 valence electrons. The van der Waals surface area contributed by atoms with Crippen LogP contribution >= 0.6 is 0 Å². The monoisotopic (exact) mass is 525 g/mol.